The van der Waals surface area contributed by atoms with Gasteiger partial charge in [0, 0.05) is 31.2 Å². The molecule has 192 valence electrons. The van der Waals surface area contributed by atoms with E-state index >= 15 is 0 Å². The maximum absolute atomic E-state index is 12.8. The third-order valence-corrected chi connectivity index (χ3v) is 7.21. The molecule has 0 saturated carbocycles. The van der Waals surface area contributed by atoms with Crippen LogP contribution in [0.1, 0.15) is 51.3 Å². The summed E-state index contributed by atoms with van der Waals surface area (Å²) in [5, 5.41) is 7.31. The van der Waals surface area contributed by atoms with Crippen molar-refractivity contribution in [2.75, 3.05) is 46.9 Å². The molecule has 9 heteroatoms. The molecule has 2 aromatic rings. The highest BCUT2D eigenvalue weighted by Gasteiger charge is 2.27. The fourth-order valence-electron chi connectivity index (χ4n) is 5.14. The molecule has 0 spiro atoms. The lowest BCUT2D eigenvalue weighted by Gasteiger charge is -2.33. The number of carbonyl (C=O) groups is 1. The first-order valence-corrected chi connectivity index (χ1v) is 12.9. The number of aromatic nitrogens is 2. The van der Waals surface area contributed by atoms with E-state index in [0.717, 1.165) is 44.5 Å². The number of methoxy groups -OCH3 is 2. The first-order valence-electron chi connectivity index (χ1n) is 12.9. The smallest absolute Gasteiger partial charge is 0.241 e. The Bertz CT molecular complexity index is 965. The average molecular weight is 486 g/mol. The van der Waals surface area contributed by atoms with Crippen LogP contribution >= 0.6 is 0 Å². The van der Waals surface area contributed by atoms with Gasteiger partial charge in [-0.1, -0.05) is 11.6 Å². The second-order valence-electron chi connectivity index (χ2n) is 9.68. The molecule has 1 amide bonds. The van der Waals surface area contributed by atoms with Crippen molar-refractivity contribution in [2.45, 2.75) is 58.0 Å². The lowest BCUT2D eigenvalue weighted by molar-refractivity contribution is -0.126. The van der Waals surface area contributed by atoms with E-state index in [1.165, 1.54) is 25.8 Å². The van der Waals surface area contributed by atoms with Crippen LogP contribution in [0.15, 0.2) is 22.7 Å². The van der Waals surface area contributed by atoms with Crippen LogP contribution in [-0.2, 0) is 11.3 Å². The van der Waals surface area contributed by atoms with Gasteiger partial charge in [0.25, 0.3) is 0 Å². The van der Waals surface area contributed by atoms with Crippen LogP contribution < -0.4 is 14.8 Å². The number of carbonyl (C=O) groups excluding carboxylic acids is 1. The van der Waals surface area contributed by atoms with Crippen LogP contribution in [0.3, 0.4) is 0 Å². The molecule has 3 heterocycles. The van der Waals surface area contributed by atoms with E-state index in [4.69, 9.17) is 14.0 Å². The topological polar surface area (TPSA) is 93.0 Å². The molecule has 35 heavy (non-hydrogen) atoms. The first kappa shape index (κ1) is 25.4. The van der Waals surface area contributed by atoms with Gasteiger partial charge < -0.3 is 24.2 Å². The van der Waals surface area contributed by atoms with E-state index in [9.17, 15) is 4.79 Å². The van der Waals surface area contributed by atoms with Crippen molar-refractivity contribution in [1.29, 1.82) is 0 Å². The molecule has 4 rings (SSSR count). The molecule has 2 atom stereocenters. The number of benzene rings is 1. The minimum atomic E-state index is 0.00546. The Kier molecular flexibility index (Phi) is 8.98. The summed E-state index contributed by atoms with van der Waals surface area (Å²) in [5.74, 6) is 2.50. The lowest BCUT2D eigenvalue weighted by Crippen LogP contribution is -2.43. The van der Waals surface area contributed by atoms with Crippen LogP contribution in [0, 0.1) is 5.92 Å². The Balaban J connectivity index is 1.24. The summed E-state index contributed by atoms with van der Waals surface area (Å²) in [6, 6.07) is 6.21. The molecule has 9 nitrogen and oxygen atoms in total. The molecule has 0 bridgehead atoms. The predicted octanol–water partition coefficient (Wildman–Crippen LogP) is 3.35. The number of rotatable bonds is 10. The number of ether oxygens (including phenoxy) is 2. The van der Waals surface area contributed by atoms with Gasteiger partial charge in [-0.15, -0.1) is 0 Å². The van der Waals surface area contributed by atoms with Gasteiger partial charge in [-0.3, -0.25) is 9.69 Å². The maximum atomic E-state index is 12.8. The number of likely N-dealkylation sites (tertiary alicyclic amines) is 2. The minimum Gasteiger partial charge on any atom is -0.493 e. The number of piperidine rings is 2. The van der Waals surface area contributed by atoms with Crippen molar-refractivity contribution >= 4 is 5.91 Å². The SMILES string of the molecule is COc1ccc(-c2noc(CN3CCCC(C(=O)NCCCN4CCCCC4C)C3)n2)cc1OC. The Morgan fingerprint density at radius 2 is 2.00 bits per heavy atom. The van der Waals surface area contributed by atoms with E-state index in [1.54, 1.807) is 14.2 Å². The summed E-state index contributed by atoms with van der Waals surface area (Å²) in [7, 11) is 3.20. The molecule has 2 aliphatic heterocycles. The highest BCUT2D eigenvalue weighted by molar-refractivity contribution is 5.78. The van der Waals surface area contributed by atoms with Crippen molar-refractivity contribution in [1.82, 2.24) is 25.3 Å². The highest BCUT2D eigenvalue weighted by Crippen LogP contribution is 2.31. The molecule has 1 N–H and O–H groups in total. The summed E-state index contributed by atoms with van der Waals surface area (Å²) >= 11 is 0. The number of hydrogen-bond acceptors (Lipinski definition) is 8. The van der Waals surface area contributed by atoms with Gasteiger partial charge in [0.15, 0.2) is 11.5 Å². The molecule has 0 radical (unpaired) electrons. The average Bonchev–Trinajstić information content (AvgIpc) is 3.35. The molecular weight excluding hydrogens is 446 g/mol. The summed E-state index contributed by atoms with van der Waals surface area (Å²) < 4.78 is 16.2. The Morgan fingerprint density at radius 1 is 1.14 bits per heavy atom. The Hall–Kier alpha value is -2.65. The summed E-state index contributed by atoms with van der Waals surface area (Å²) in [6.07, 6.45) is 6.85. The van der Waals surface area contributed by atoms with Crippen LogP contribution in [0.4, 0.5) is 0 Å². The van der Waals surface area contributed by atoms with Crippen molar-refractivity contribution < 1.29 is 18.8 Å². The van der Waals surface area contributed by atoms with Gasteiger partial charge in [0.1, 0.15) is 0 Å². The number of nitrogens with one attached hydrogen (secondary N) is 1. The van der Waals surface area contributed by atoms with E-state index < -0.39 is 0 Å². The van der Waals surface area contributed by atoms with Gasteiger partial charge >= 0.3 is 0 Å². The summed E-state index contributed by atoms with van der Waals surface area (Å²) in [5.41, 5.74) is 0.799. The van der Waals surface area contributed by atoms with E-state index in [1.807, 2.05) is 18.2 Å². The monoisotopic (exact) mass is 485 g/mol. The lowest BCUT2D eigenvalue weighted by atomic mass is 9.97. The fourth-order valence-corrected chi connectivity index (χ4v) is 5.14. The molecule has 2 fully saturated rings. The van der Waals surface area contributed by atoms with Crippen molar-refractivity contribution in [3.63, 3.8) is 0 Å². The zero-order valence-electron chi connectivity index (χ0n) is 21.3. The van der Waals surface area contributed by atoms with Gasteiger partial charge in [0.05, 0.1) is 26.7 Å². The number of amides is 1. The van der Waals surface area contributed by atoms with Crippen molar-refractivity contribution in [3.8, 4) is 22.9 Å². The third kappa shape index (κ3) is 6.73. The third-order valence-electron chi connectivity index (χ3n) is 7.21. The second-order valence-corrected chi connectivity index (χ2v) is 9.68. The van der Waals surface area contributed by atoms with E-state index in [-0.39, 0.29) is 11.8 Å². The van der Waals surface area contributed by atoms with Crippen LogP contribution in [-0.4, -0.2) is 78.8 Å². The quantitative estimate of drug-likeness (QED) is 0.512. The molecular formula is C26H39N5O4. The summed E-state index contributed by atoms with van der Waals surface area (Å²) in [6.45, 7) is 7.49. The summed E-state index contributed by atoms with van der Waals surface area (Å²) in [4.78, 5) is 22.1. The van der Waals surface area contributed by atoms with Gasteiger partial charge in [0.2, 0.25) is 17.6 Å². The maximum Gasteiger partial charge on any atom is 0.241 e. The van der Waals surface area contributed by atoms with E-state index in [0.29, 0.717) is 42.3 Å². The Morgan fingerprint density at radius 3 is 2.80 bits per heavy atom. The molecule has 0 aliphatic carbocycles. The molecule has 1 aromatic heterocycles. The molecule has 2 saturated heterocycles. The zero-order chi connectivity index (χ0) is 24.6. The van der Waals surface area contributed by atoms with Crippen LogP contribution in [0.25, 0.3) is 11.4 Å². The zero-order valence-corrected chi connectivity index (χ0v) is 21.3. The largest absolute Gasteiger partial charge is 0.493 e. The van der Waals surface area contributed by atoms with Crippen molar-refractivity contribution in [3.05, 3.63) is 24.1 Å². The first-order chi connectivity index (χ1) is 17.1. The fraction of sp³-hybridized carbons (Fsp3) is 0.654. The molecule has 1 aromatic carbocycles. The second kappa shape index (κ2) is 12.4. The van der Waals surface area contributed by atoms with Crippen molar-refractivity contribution in [2.24, 2.45) is 5.92 Å². The normalized spacial score (nSPS) is 21.6. The minimum absolute atomic E-state index is 0.00546. The van der Waals surface area contributed by atoms with Gasteiger partial charge in [-0.2, -0.15) is 4.98 Å². The standard InChI is InChI=1S/C26H39N5O4/c1-19-8-4-5-14-31(19)15-7-12-27-26(32)21-9-6-13-30(17-21)18-24-28-25(29-35-24)20-10-11-22(33-2)23(16-20)34-3/h10-11,16,19,21H,4-9,12-15,17-18H2,1-3H3,(H,27,32). The molecule has 2 aliphatic rings. The number of nitrogens with zero attached hydrogens (tertiary/aromatic N) is 4. The van der Waals surface area contributed by atoms with Gasteiger partial charge in [-0.25, -0.2) is 0 Å². The van der Waals surface area contributed by atoms with E-state index in [2.05, 4.69) is 32.2 Å². The Labute approximate surface area is 208 Å². The molecule has 2 unspecified atom stereocenters. The number of hydrogen-bond donors (Lipinski definition) is 1. The van der Waals surface area contributed by atoms with Crippen LogP contribution in [0.5, 0.6) is 11.5 Å². The van der Waals surface area contributed by atoms with Crippen LogP contribution in [0.2, 0.25) is 0 Å². The van der Waals surface area contributed by atoms with Gasteiger partial charge in [-0.05, 0) is 70.3 Å². The highest BCUT2D eigenvalue weighted by atomic mass is 16.5. The predicted molar refractivity (Wildman–Crippen MR) is 133 cm³/mol.